The molecule has 1 N–H and O–H groups in total. The molecule has 2 amide bonds. The Labute approximate surface area is 247 Å². The van der Waals surface area contributed by atoms with E-state index in [9.17, 15) is 18.0 Å². The molecule has 7 nitrogen and oxygen atoms in total. The van der Waals surface area contributed by atoms with E-state index in [0.717, 1.165) is 16.3 Å². The Morgan fingerprint density at radius 1 is 0.900 bits per heavy atom. The fourth-order valence-electron chi connectivity index (χ4n) is 4.25. The second-order valence-corrected chi connectivity index (χ2v) is 12.2. The zero-order valence-corrected chi connectivity index (χ0v) is 25.2. The normalized spacial score (nSPS) is 12.8. The zero-order chi connectivity index (χ0) is 29.3. The first-order chi connectivity index (χ1) is 19.1. The molecule has 0 aliphatic heterocycles. The lowest BCUT2D eigenvalue weighted by Crippen LogP contribution is -2.54. The van der Waals surface area contributed by atoms with Crippen molar-refractivity contribution >= 4 is 50.7 Å². The van der Waals surface area contributed by atoms with Crippen molar-refractivity contribution in [3.8, 4) is 0 Å². The number of halogens is 2. The van der Waals surface area contributed by atoms with Crippen molar-refractivity contribution in [1.29, 1.82) is 0 Å². The summed E-state index contributed by atoms with van der Waals surface area (Å²) < 4.78 is 28.7. The van der Waals surface area contributed by atoms with E-state index in [-0.39, 0.29) is 39.1 Å². The first-order valence-electron chi connectivity index (χ1n) is 13.2. The molecule has 0 saturated heterocycles. The minimum absolute atomic E-state index is 0.00349. The lowest BCUT2D eigenvalue weighted by atomic mass is 10.1. The maximum absolute atomic E-state index is 14.0. The molecule has 0 aliphatic carbocycles. The summed E-state index contributed by atoms with van der Waals surface area (Å²) in [5, 5.41) is 3.35. The summed E-state index contributed by atoms with van der Waals surface area (Å²) in [6, 6.07) is 21.0. The number of amides is 2. The quantitative estimate of drug-likeness (QED) is 0.261. The number of carbonyl (C=O) groups is 2. The number of rotatable bonds is 13. The van der Waals surface area contributed by atoms with Gasteiger partial charge in [-0.3, -0.25) is 13.9 Å². The Morgan fingerprint density at radius 3 is 2.12 bits per heavy atom. The van der Waals surface area contributed by atoms with Gasteiger partial charge in [0.15, 0.2) is 0 Å². The highest BCUT2D eigenvalue weighted by Crippen LogP contribution is 2.33. The third-order valence-corrected chi connectivity index (χ3v) is 8.99. The Hall–Kier alpha value is -3.07. The molecular weight excluding hydrogens is 569 g/mol. The minimum atomic E-state index is -4.22. The topological polar surface area (TPSA) is 86.8 Å². The molecule has 0 bridgehead atoms. The van der Waals surface area contributed by atoms with Crippen molar-refractivity contribution in [1.82, 2.24) is 10.2 Å². The maximum Gasteiger partial charge on any atom is 0.264 e. The SMILES string of the molecule is CC[C@@H](C)NC(=O)[C@H](CC)N(CCc1ccccc1)C(=O)CN(c1cc(Cl)ccc1Cl)S(=O)(=O)c1ccccc1. The third-order valence-electron chi connectivity index (χ3n) is 6.66. The Bertz CT molecular complexity index is 1390. The van der Waals surface area contributed by atoms with Gasteiger partial charge in [-0.2, -0.15) is 0 Å². The van der Waals surface area contributed by atoms with E-state index >= 15 is 0 Å². The predicted octanol–water partition coefficient (Wildman–Crippen LogP) is 5.95. The van der Waals surface area contributed by atoms with E-state index in [4.69, 9.17) is 23.2 Å². The zero-order valence-electron chi connectivity index (χ0n) is 22.9. The number of nitrogens with one attached hydrogen (secondary N) is 1. The Kier molecular flexibility index (Phi) is 11.4. The van der Waals surface area contributed by atoms with Crippen LogP contribution in [0.2, 0.25) is 10.0 Å². The molecule has 3 aromatic carbocycles. The standard InChI is InChI=1S/C30H35Cl2N3O4S/c1-4-22(3)33-30(37)27(5-2)34(19-18-23-12-8-6-9-13-23)29(36)21-35(28-20-24(31)16-17-26(28)32)40(38,39)25-14-10-7-11-15-25/h6-17,20,22,27H,4-5,18-19,21H2,1-3H3,(H,33,37)/t22-,27+/m1/s1. The maximum atomic E-state index is 14.0. The molecule has 0 unspecified atom stereocenters. The van der Waals surface area contributed by atoms with Gasteiger partial charge in [0.25, 0.3) is 10.0 Å². The lowest BCUT2D eigenvalue weighted by Gasteiger charge is -2.34. The van der Waals surface area contributed by atoms with Crippen molar-refractivity contribution in [2.75, 3.05) is 17.4 Å². The Balaban J connectivity index is 2.04. The van der Waals surface area contributed by atoms with Crippen LogP contribution in [0, 0.1) is 0 Å². The second-order valence-electron chi connectivity index (χ2n) is 9.49. The number of carbonyl (C=O) groups excluding carboxylic acids is 2. The summed E-state index contributed by atoms with van der Waals surface area (Å²) in [5.74, 6) is -0.811. The van der Waals surface area contributed by atoms with Crippen LogP contribution in [-0.4, -0.2) is 50.3 Å². The number of benzene rings is 3. The average molecular weight is 605 g/mol. The number of nitrogens with zero attached hydrogens (tertiary/aromatic N) is 2. The van der Waals surface area contributed by atoms with Gasteiger partial charge in [-0.05, 0) is 62.1 Å². The molecule has 40 heavy (non-hydrogen) atoms. The molecule has 3 aromatic rings. The van der Waals surface area contributed by atoms with Crippen molar-refractivity contribution in [2.45, 2.75) is 57.0 Å². The summed E-state index contributed by atoms with van der Waals surface area (Å²) in [7, 11) is -4.22. The summed E-state index contributed by atoms with van der Waals surface area (Å²) in [6.07, 6.45) is 1.58. The van der Waals surface area contributed by atoms with Crippen LogP contribution >= 0.6 is 23.2 Å². The molecule has 214 valence electrons. The van der Waals surface area contributed by atoms with Crippen molar-refractivity contribution in [2.24, 2.45) is 0 Å². The highest BCUT2D eigenvalue weighted by Gasteiger charge is 2.34. The van der Waals surface area contributed by atoms with Crippen LogP contribution in [0.3, 0.4) is 0 Å². The molecule has 3 rings (SSSR count). The summed E-state index contributed by atoms with van der Waals surface area (Å²) in [4.78, 5) is 28.8. The summed E-state index contributed by atoms with van der Waals surface area (Å²) >= 11 is 12.7. The molecule has 0 aliphatic rings. The van der Waals surface area contributed by atoms with Crippen LogP contribution in [0.25, 0.3) is 0 Å². The van der Waals surface area contributed by atoms with E-state index < -0.39 is 28.5 Å². The van der Waals surface area contributed by atoms with Gasteiger partial charge >= 0.3 is 0 Å². The van der Waals surface area contributed by atoms with Crippen LogP contribution in [0.15, 0.2) is 83.8 Å². The molecule has 0 aromatic heterocycles. The molecule has 10 heteroatoms. The summed E-state index contributed by atoms with van der Waals surface area (Å²) in [5.41, 5.74) is 1.07. The van der Waals surface area contributed by atoms with Gasteiger partial charge in [0.05, 0.1) is 15.6 Å². The first kappa shape index (κ1) is 31.5. The molecule has 2 atom stereocenters. The van der Waals surface area contributed by atoms with Crippen LogP contribution in [0.5, 0.6) is 0 Å². The van der Waals surface area contributed by atoms with Crippen LogP contribution in [0.1, 0.15) is 39.2 Å². The van der Waals surface area contributed by atoms with Crippen molar-refractivity contribution < 1.29 is 18.0 Å². The molecule has 0 radical (unpaired) electrons. The number of anilines is 1. The fraction of sp³-hybridized carbons (Fsp3) is 0.333. The molecule has 0 fully saturated rings. The monoisotopic (exact) mass is 603 g/mol. The minimum Gasteiger partial charge on any atom is -0.352 e. The largest absolute Gasteiger partial charge is 0.352 e. The highest BCUT2D eigenvalue weighted by molar-refractivity contribution is 7.92. The molecule has 0 heterocycles. The van der Waals surface area contributed by atoms with Gasteiger partial charge in [-0.15, -0.1) is 0 Å². The number of hydrogen-bond donors (Lipinski definition) is 1. The van der Waals surface area contributed by atoms with Gasteiger partial charge in [0.1, 0.15) is 12.6 Å². The van der Waals surface area contributed by atoms with Crippen LogP contribution in [0.4, 0.5) is 5.69 Å². The van der Waals surface area contributed by atoms with E-state index in [2.05, 4.69) is 5.32 Å². The lowest BCUT2D eigenvalue weighted by molar-refractivity contribution is -0.139. The molecular formula is C30H35Cl2N3O4S. The van der Waals surface area contributed by atoms with Gasteiger partial charge in [0, 0.05) is 17.6 Å². The van der Waals surface area contributed by atoms with Gasteiger partial charge in [-0.25, -0.2) is 8.42 Å². The smallest absolute Gasteiger partial charge is 0.264 e. The van der Waals surface area contributed by atoms with Crippen molar-refractivity contribution in [3.63, 3.8) is 0 Å². The highest BCUT2D eigenvalue weighted by atomic mass is 35.5. The van der Waals surface area contributed by atoms with E-state index in [1.807, 2.05) is 51.1 Å². The van der Waals surface area contributed by atoms with Gasteiger partial charge in [0.2, 0.25) is 11.8 Å². The van der Waals surface area contributed by atoms with Crippen molar-refractivity contribution in [3.05, 3.63) is 94.5 Å². The van der Waals surface area contributed by atoms with Crippen LogP contribution in [-0.2, 0) is 26.0 Å². The average Bonchev–Trinajstić information content (AvgIpc) is 2.95. The number of hydrogen-bond acceptors (Lipinski definition) is 4. The third kappa shape index (κ3) is 7.99. The first-order valence-corrected chi connectivity index (χ1v) is 15.4. The molecule has 0 saturated carbocycles. The summed E-state index contributed by atoms with van der Waals surface area (Å²) in [6.45, 7) is 5.34. The van der Waals surface area contributed by atoms with E-state index in [1.54, 1.807) is 24.3 Å². The van der Waals surface area contributed by atoms with Gasteiger partial charge in [-0.1, -0.05) is 85.6 Å². The van der Waals surface area contributed by atoms with Crippen LogP contribution < -0.4 is 9.62 Å². The van der Waals surface area contributed by atoms with Gasteiger partial charge < -0.3 is 10.2 Å². The fourth-order valence-corrected chi connectivity index (χ4v) is 6.13. The predicted molar refractivity (Wildman–Crippen MR) is 161 cm³/mol. The Morgan fingerprint density at radius 2 is 1.52 bits per heavy atom. The van der Waals surface area contributed by atoms with E-state index in [0.29, 0.717) is 12.8 Å². The number of sulfonamides is 1. The molecule has 0 spiro atoms. The van der Waals surface area contributed by atoms with E-state index in [1.165, 1.54) is 29.2 Å². The second kappa shape index (κ2) is 14.5.